The Labute approximate surface area is 144 Å². The van der Waals surface area contributed by atoms with Crippen LogP contribution in [0, 0.1) is 9.39 Å². The lowest BCUT2D eigenvalue weighted by molar-refractivity contribution is 0.604. The highest BCUT2D eigenvalue weighted by molar-refractivity contribution is 14.1. The lowest BCUT2D eigenvalue weighted by atomic mass is 9.95. The lowest BCUT2D eigenvalue weighted by Crippen LogP contribution is -2.22. The molecule has 0 saturated heterocycles. The van der Waals surface area contributed by atoms with E-state index >= 15 is 0 Å². The van der Waals surface area contributed by atoms with Crippen molar-refractivity contribution in [2.45, 2.75) is 39.2 Å². The Bertz CT molecular complexity index is 615. The zero-order valence-corrected chi connectivity index (χ0v) is 15.8. The Hall–Kier alpha value is -0.460. The maximum absolute atomic E-state index is 13.3. The molecule has 2 aromatic rings. The van der Waals surface area contributed by atoms with Gasteiger partial charge in [0.2, 0.25) is 0 Å². The number of benzene rings is 1. The molecule has 4 heteroatoms. The molecule has 0 saturated carbocycles. The van der Waals surface area contributed by atoms with Gasteiger partial charge >= 0.3 is 0 Å². The molecule has 114 valence electrons. The second-order valence-corrected chi connectivity index (χ2v) is 8.39. The molecule has 0 radical (unpaired) electrons. The number of rotatable bonds is 4. The van der Waals surface area contributed by atoms with Crippen molar-refractivity contribution in [1.29, 1.82) is 0 Å². The van der Waals surface area contributed by atoms with Gasteiger partial charge in [0.25, 0.3) is 0 Å². The lowest BCUT2D eigenvalue weighted by Gasteiger charge is -2.19. The largest absolute Gasteiger partial charge is 0.306 e. The minimum absolute atomic E-state index is 0.128. The van der Waals surface area contributed by atoms with Gasteiger partial charge in [0, 0.05) is 13.3 Å². The van der Waals surface area contributed by atoms with E-state index in [9.17, 15) is 4.39 Å². The van der Waals surface area contributed by atoms with E-state index in [0.29, 0.717) is 0 Å². The van der Waals surface area contributed by atoms with Gasteiger partial charge in [-0.15, -0.1) is 11.3 Å². The number of hydrogen-bond donors (Lipinski definition) is 1. The number of hydrogen-bond acceptors (Lipinski definition) is 2. The third-order valence-electron chi connectivity index (χ3n) is 3.33. The molecule has 21 heavy (non-hydrogen) atoms. The van der Waals surface area contributed by atoms with Crippen LogP contribution in [0.2, 0.25) is 0 Å². The second kappa shape index (κ2) is 6.75. The summed E-state index contributed by atoms with van der Waals surface area (Å²) in [5.74, 6) is -0.181. The van der Waals surface area contributed by atoms with Gasteiger partial charge in [-0.05, 0) is 64.4 Å². The van der Waals surface area contributed by atoms with E-state index in [1.165, 1.54) is 9.75 Å². The summed E-state index contributed by atoms with van der Waals surface area (Å²) in [7, 11) is 0. The summed E-state index contributed by atoms with van der Waals surface area (Å²) in [5.41, 5.74) is 1.30. The van der Waals surface area contributed by atoms with E-state index in [-0.39, 0.29) is 17.3 Å². The van der Waals surface area contributed by atoms with Gasteiger partial charge in [0.05, 0.1) is 6.04 Å². The normalized spacial score (nSPS) is 13.4. The first-order valence-corrected chi connectivity index (χ1v) is 9.01. The van der Waals surface area contributed by atoms with E-state index in [1.807, 2.05) is 17.4 Å². The molecule has 1 heterocycles. The predicted octanol–water partition coefficient (Wildman–Crippen LogP) is 5.49. The summed E-state index contributed by atoms with van der Waals surface area (Å²) in [6, 6.07) is 9.56. The predicted molar refractivity (Wildman–Crippen MR) is 97.7 cm³/mol. The fourth-order valence-electron chi connectivity index (χ4n) is 2.21. The smallest absolute Gasteiger partial charge is 0.124 e. The molecule has 1 aromatic carbocycles. The van der Waals surface area contributed by atoms with Crippen LogP contribution in [0.5, 0.6) is 0 Å². The maximum Gasteiger partial charge on any atom is 0.124 e. The third-order valence-corrected chi connectivity index (χ3v) is 5.84. The number of halogens is 2. The van der Waals surface area contributed by atoms with Crippen LogP contribution in [0.4, 0.5) is 4.39 Å². The van der Waals surface area contributed by atoms with Gasteiger partial charge in [0.1, 0.15) is 5.82 Å². The first kappa shape index (κ1) is 16.9. The molecule has 0 aliphatic heterocycles. The van der Waals surface area contributed by atoms with Crippen LogP contribution in [0.25, 0.3) is 0 Å². The molecule has 1 unspecified atom stereocenters. The molecule has 0 fully saturated rings. The summed E-state index contributed by atoms with van der Waals surface area (Å²) in [6.45, 7) is 9.66. The highest BCUT2D eigenvalue weighted by atomic mass is 127. The molecule has 1 N–H and O–H groups in total. The summed E-state index contributed by atoms with van der Waals surface area (Å²) in [4.78, 5) is 2.66. The topological polar surface area (TPSA) is 12.0 Å². The van der Waals surface area contributed by atoms with Gasteiger partial charge in [-0.2, -0.15) is 0 Å². The van der Waals surface area contributed by atoms with Crippen molar-refractivity contribution in [2.24, 2.45) is 0 Å². The Morgan fingerprint density at radius 1 is 1.24 bits per heavy atom. The van der Waals surface area contributed by atoms with Crippen LogP contribution in [0.1, 0.15) is 49.1 Å². The van der Waals surface area contributed by atoms with Gasteiger partial charge in [-0.3, -0.25) is 0 Å². The van der Waals surface area contributed by atoms with Crippen molar-refractivity contribution >= 4 is 33.9 Å². The second-order valence-electron chi connectivity index (χ2n) is 6.11. The molecular weight excluding hydrogens is 396 g/mol. The van der Waals surface area contributed by atoms with Gasteiger partial charge < -0.3 is 5.32 Å². The van der Waals surface area contributed by atoms with Crippen molar-refractivity contribution in [1.82, 2.24) is 5.32 Å². The minimum Gasteiger partial charge on any atom is -0.306 e. The monoisotopic (exact) mass is 417 g/mol. The van der Waals surface area contributed by atoms with Gasteiger partial charge in [-0.1, -0.05) is 33.8 Å². The quantitative estimate of drug-likeness (QED) is 0.649. The Balaban J connectivity index is 2.41. The fraction of sp³-hybridized carbons (Fsp3) is 0.412. The van der Waals surface area contributed by atoms with Crippen molar-refractivity contribution in [3.63, 3.8) is 0 Å². The molecule has 1 atom stereocenters. The molecule has 0 aliphatic carbocycles. The van der Waals surface area contributed by atoms with Crippen molar-refractivity contribution in [2.75, 3.05) is 6.54 Å². The van der Waals surface area contributed by atoms with Gasteiger partial charge in [-0.25, -0.2) is 4.39 Å². The minimum atomic E-state index is -0.181. The van der Waals surface area contributed by atoms with Crippen LogP contribution in [0.3, 0.4) is 0 Å². The Kier molecular flexibility index (Phi) is 5.43. The van der Waals surface area contributed by atoms with Crippen molar-refractivity contribution < 1.29 is 4.39 Å². The molecule has 0 amide bonds. The number of nitrogens with one attached hydrogen (secondary N) is 1. The van der Waals surface area contributed by atoms with E-state index in [4.69, 9.17) is 0 Å². The average Bonchev–Trinajstić information content (AvgIpc) is 2.86. The van der Waals surface area contributed by atoms with Crippen LogP contribution >= 0.6 is 33.9 Å². The highest BCUT2D eigenvalue weighted by Crippen LogP contribution is 2.36. The Morgan fingerprint density at radius 3 is 2.48 bits per heavy atom. The van der Waals surface area contributed by atoms with Crippen LogP contribution in [-0.2, 0) is 5.41 Å². The first-order valence-electron chi connectivity index (χ1n) is 7.11. The van der Waals surface area contributed by atoms with E-state index < -0.39 is 0 Å². The average molecular weight is 417 g/mol. The highest BCUT2D eigenvalue weighted by Gasteiger charge is 2.22. The first-order chi connectivity index (χ1) is 9.82. The zero-order chi connectivity index (χ0) is 15.6. The standard InChI is InChI=1S/C17H21FINS/c1-5-20-16(12-7-6-11(18)10-13(12)19)14-8-9-15(21-14)17(2,3)4/h6-10,16,20H,5H2,1-4H3. The van der Waals surface area contributed by atoms with Crippen LogP contribution in [0.15, 0.2) is 30.3 Å². The van der Waals surface area contributed by atoms with E-state index in [0.717, 1.165) is 15.7 Å². The summed E-state index contributed by atoms with van der Waals surface area (Å²) in [5, 5.41) is 3.52. The molecular formula is C17H21FINS. The molecule has 1 nitrogen and oxygen atoms in total. The third kappa shape index (κ3) is 4.05. The Morgan fingerprint density at radius 2 is 1.95 bits per heavy atom. The summed E-state index contributed by atoms with van der Waals surface area (Å²) >= 11 is 4.05. The molecule has 2 rings (SSSR count). The number of thiophene rings is 1. The van der Waals surface area contributed by atoms with Crippen LogP contribution in [-0.4, -0.2) is 6.54 Å². The summed E-state index contributed by atoms with van der Waals surface area (Å²) in [6.07, 6.45) is 0. The van der Waals surface area contributed by atoms with E-state index in [1.54, 1.807) is 12.1 Å². The summed E-state index contributed by atoms with van der Waals surface area (Å²) < 4.78 is 14.3. The molecule has 0 aliphatic rings. The van der Waals surface area contributed by atoms with Gasteiger partial charge in [0.15, 0.2) is 0 Å². The van der Waals surface area contributed by atoms with Crippen molar-refractivity contribution in [3.05, 3.63) is 55.0 Å². The fourth-order valence-corrected chi connectivity index (χ4v) is 4.16. The maximum atomic E-state index is 13.3. The zero-order valence-electron chi connectivity index (χ0n) is 12.8. The van der Waals surface area contributed by atoms with E-state index in [2.05, 4.69) is 67.7 Å². The molecule has 1 aromatic heterocycles. The molecule has 0 bridgehead atoms. The van der Waals surface area contributed by atoms with Crippen LogP contribution < -0.4 is 5.32 Å². The molecule has 0 spiro atoms. The SMILES string of the molecule is CCNC(c1ccc(C(C)(C)C)s1)c1ccc(F)cc1I. The van der Waals surface area contributed by atoms with Crippen molar-refractivity contribution in [3.8, 4) is 0 Å².